The number of hydrogen-bond donors (Lipinski definition) is 1. The maximum atomic E-state index is 11.3. The number of aliphatic hydroxyl groups is 1. The highest BCUT2D eigenvalue weighted by atomic mass is 16.7. The van der Waals surface area contributed by atoms with Gasteiger partial charge in [-0.15, -0.1) is 5.92 Å². The Balaban J connectivity index is 1.35. The number of hydrogen-bond acceptors (Lipinski definition) is 4. The first-order valence-electron chi connectivity index (χ1n) is 10.8. The highest BCUT2D eigenvalue weighted by molar-refractivity contribution is 5.44. The summed E-state index contributed by atoms with van der Waals surface area (Å²) in [7, 11) is 0. The van der Waals surface area contributed by atoms with E-state index in [4.69, 9.17) is 14.2 Å². The molecule has 5 fully saturated rings. The van der Waals surface area contributed by atoms with Gasteiger partial charge in [0.05, 0.1) is 13.2 Å². The van der Waals surface area contributed by atoms with Crippen LogP contribution >= 0.6 is 0 Å². The molecule has 0 aromatic rings. The second-order valence-corrected chi connectivity index (χ2v) is 10.0. The van der Waals surface area contributed by atoms with Crippen LogP contribution in [0.5, 0.6) is 0 Å². The van der Waals surface area contributed by atoms with Crippen LogP contribution in [0.3, 0.4) is 0 Å². The van der Waals surface area contributed by atoms with Gasteiger partial charge in [0.1, 0.15) is 16.8 Å². The van der Waals surface area contributed by atoms with Crippen LogP contribution in [0.15, 0.2) is 11.6 Å². The molecule has 146 valence electrons. The molecule has 0 aromatic carbocycles. The van der Waals surface area contributed by atoms with E-state index in [1.54, 1.807) is 0 Å². The zero-order chi connectivity index (χ0) is 18.5. The van der Waals surface area contributed by atoms with Crippen LogP contribution in [-0.2, 0) is 14.2 Å². The number of fused-ring (bicyclic) bond motifs is 3. The zero-order valence-corrected chi connectivity index (χ0v) is 16.5. The Hall–Kier alpha value is -0.860. The fourth-order valence-electron chi connectivity index (χ4n) is 7.76. The Bertz CT molecular complexity index is 786. The van der Waals surface area contributed by atoms with Crippen LogP contribution in [0, 0.1) is 29.1 Å². The molecule has 4 nitrogen and oxygen atoms in total. The van der Waals surface area contributed by atoms with Gasteiger partial charge in [-0.1, -0.05) is 18.9 Å². The van der Waals surface area contributed by atoms with Gasteiger partial charge in [0.2, 0.25) is 0 Å². The van der Waals surface area contributed by atoms with Crippen molar-refractivity contribution in [1.29, 1.82) is 0 Å². The second-order valence-electron chi connectivity index (χ2n) is 10.0. The fraction of sp³-hybridized carbons (Fsp3) is 0.826. The predicted molar refractivity (Wildman–Crippen MR) is 99.7 cm³/mol. The third kappa shape index (κ3) is 1.86. The minimum Gasteiger partial charge on any atom is -0.377 e. The van der Waals surface area contributed by atoms with Crippen LogP contribution in [0.2, 0.25) is 0 Å². The third-order valence-electron chi connectivity index (χ3n) is 9.16. The first-order chi connectivity index (χ1) is 12.9. The van der Waals surface area contributed by atoms with Crippen molar-refractivity contribution in [3.8, 4) is 11.8 Å². The third-order valence-corrected chi connectivity index (χ3v) is 9.16. The molecule has 1 N–H and O–H groups in total. The van der Waals surface area contributed by atoms with E-state index in [2.05, 4.69) is 24.8 Å². The lowest BCUT2D eigenvalue weighted by atomic mass is 9.53. The predicted octanol–water partition coefficient (Wildman–Crippen LogP) is 3.33. The molecule has 0 amide bonds. The van der Waals surface area contributed by atoms with E-state index in [0.29, 0.717) is 25.0 Å². The average Bonchev–Trinajstić information content (AvgIpc) is 2.99. The highest BCUT2D eigenvalue weighted by Crippen LogP contribution is 2.74. The standard InChI is InChI=1S/C23H30O4/c1-3-7-20(24)9-6-17-16-4-10-21-15-22(25-13-14-26-22)11-12-23(21,27-21)18(16)5-8-19(17,20)2/h5,16-17,24H,4,6,8-15H2,1-2H3. The Morgan fingerprint density at radius 3 is 2.70 bits per heavy atom. The van der Waals surface area contributed by atoms with Crippen LogP contribution in [-0.4, -0.2) is 40.9 Å². The Kier molecular flexibility index (Phi) is 3.15. The lowest BCUT2D eigenvalue weighted by molar-refractivity contribution is -0.185. The number of epoxide rings is 1. The van der Waals surface area contributed by atoms with Gasteiger partial charge >= 0.3 is 0 Å². The van der Waals surface area contributed by atoms with E-state index in [1.807, 2.05) is 6.92 Å². The molecule has 4 heteroatoms. The molecular weight excluding hydrogens is 340 g/mol. The van der Waals surface area contributed by atoms with Crippen molar-refractivity contribution < 1.29 is 19.3 Å². The Labute approximate surface area is 161 Å². The van der Waals surface area contributed by atoms with E-state index in [-0.39, 0.29) is 22.4 Å². The molecule has 27 heavy (non-hydrogen) atoms. The van der Waals surface area contributed by atoms with Gasteiger partial charge in [0.25, 0.3) is 0 Å². The van der Waals surface area contributed by atoms with Gasteiger partial charge in [-0.05, 0) is 62.9 Å². The largest absolute Gasteiger partial charge is 0.377 e. The lowest BCUT2D eigenvalue weighted by Crippen LogP contribution is -2.53. The zero-order valence-electron chi connectivity index (χ0n) is 16.5. The summed E-state index contributed by atoms with van der Waals surface area (Å²) >= 11 is 0. The summed E-state index contributed by atoms with van der Waals surface area (Å²) in [6.45, 7) is 5.54. The average molecular weight is 370 g/mol. The van der Waals surface area contributed by atoms with E-state index < -0.39 is 5.60 Å². The van der Waals surface area contributed by atoms with Gasteiger partial charge in [0, 0.05) is 18.3 Å². The number of allylic oxidation sites excluding steroid dienone is 1. The maximum Gasteiger partial charge on any atom is 0.171 e. The first-order valence-corrected chi connectivity index (χ1v) is 10.8. The molecule has 2 heterocycles. The van der Waals surface area contributed by atoms with Crippen molar-refractivity contribution in [2.75, 3.05) is 13.2 Å². The van der Waals surface area contributed by atoms with E-state index in [1.165, 1.54) is 5.57 Å². The maximum absolute atomic E-state index is 11.3. The van der Waals surface area contributed by atoms with Gasteiger partial charge < -0.3 is 19.3 Å². The molecule has 0 aromatic heterocycles. The van der Waals surface area contributed by atoms with Crippen LogP contribution in [0.1, 0.15) is 65.2 Å². The summed E-state index contributed by atoms with van der Waals surface area (Å²) in [4.78, 5) is 0. The minimum absolute atomic E-state index is 0.0657. The quantitative estimate of drug-likeness (QED) is 0.404. The molecule has 1 spiro atoms. The first kappa shape index (κ1) is 17.0. The van der Waals surface area contributed by atoms with E-state index in [9.17, 15) is 5.11 Å². The Morgan fingerprint density at radius 1 is 1.11 bits per heavy atom. The van der Waals surface area contributed by atoms with Crippen LogP contribution in [0.4, 0.5) is 0 Å². The van der Waals surface area contributed by atoms with Gasteiger partial charge in [-0.3, -0.25) is 0 Å². The number of rotatable bonds is 0. The molecule has 2 aliphatic heterocycles. The SMILES string of the molecule is CC#CC1(O)CCC2C3CCC45CC6(CCC4(O5)C3=CCC21C)OCCO6. The lowest BCUT2D eigenvalue weighted by Gasteiger charge is -2.51. The molecule has 0 radical (unpaired) electrons. The van der Waals surface area contributed by atoms with Crippen LogP contribution < -0.4 is 0 Å². The van der Waals surface area contributed by atoms with E-state index in [0.717, 1.165) is 51.4 Å². The van der Waals surface area contributed by atoms with Crippen molar-refractivity contribution >= 4 is 0 Å². The van der Waals surface area contributed by atoms with Crippen molar-refractivity contribution in [2.45, 2.75) is 87.8 Å². The summed E-state index contributed by atoms with van der Waals surface area (Å²) in [6.07, 6.45) is 10.3. The van der Waals surface area contributed by atoms with Crippen molar-refractivity contribution in [3.63, 3.8) is 0 Å². The van der Waals surface area contributed by atoms with Gasteiger partial charge in [0.15, 0.2) is 5.79 Å². The molecule has 6 atom stereocenters. The summed E-state index contributed by atoms with van der Waals surface area (Å²) < 4.78 is 18.7. The molecule has 2 saturated heterocycles. The summed E-state index contributed by atoms with van der Waals surface area (Å²) in [5.41, 5.74) is 0.424. The normalized spacial score (nSPS) is 54.1. The van der Waals surface area contributed by atoms with Gasteiger partial charge in [-0.2, -0.15) is 0 Å². The minimum atomic E-state index is -0.840. The number of ether oxygens (including phenoxy) is 3. The van der Waals surface area contributed by atoms with Crippen molar-refractivity contribution in [2.24, 2.45) is 17.3 Å². The molecule has 6 aliphatic rings. The van der Waals surface area contributed by atoms with Gasteiger partial charge in [-0.25, -0.2) is 0 Å². The monoisotopic (exact) mass is 370 g/mol. The molecule has 6 rings (SSSR count). The molecule has 3 saturated carbocycles. The summed E-state index contributed by atoms with van der Waals surface area (Å²) in [5.74, 6) is 6.83. The summed E-state index contributed by atoms with van der Waals surface area (Å²) in [6, 6.07) is 0. The topological polar surface area (TPSA) is 51.2 Å². The molecule has 4 aliphatic carbocycles. The van der Waals surface area contributed by atoms with Crippen LogP contribution in [0.25, 0.3) is 0 Å². The summed E-state index contributed by atoms with van der Waals surface area (Å²) in [5, 5.41) is 11.3. The smallest absolute Gasteiger partial charge is 0.171 e. The van der Waals surface area contributed by atoms with Crippen molar-refractivity contribution in [3.05, 3.63) is 11.6 Å². The highest BCUT2D eigenvalue weighted by Gasteiger charge is 2.79. The van der Waals surface area contributed by atoms with Crippen molar-refractivity contribution in [1.82, 2.24) is 0 Å². The second kappa shape index (κ2) is 5.00. The molecule has 0 bridgehead atoms. The Morgan fingerprint density at radius 2 is 1.93 bits per heavy atom. The fourth-order valence-corrected chi connectivity index (χ4v) is 7.76. The van der Waals surface area contributed by atoms with E-state index >= 15 is 0 Å². The molecule has 6 unspecified atom stereocenters. The molecular formula is C23H30O4.